The molecule has 1 saturated heterocycles. The van der Waals surface area contributed by atoms with E-state index in [0.29, 0.717) is 23.7 Å². The number of hydrogen-bond acceptors (Lipinski definition) is 4. The molecule has 1 heterocycles. The fraction of sp³-hybridized carbons (Fsp3) is 0.318. The standard InChI is InChI=1S/C22H26N2O4S/c1-17-8-10-20(16-18(17)2)29(26,27)24-14-12-23(13-15-24)22(25)11-9-19-6-4-5-7-21(19)28-3/h4-11,16H,12-15H2,1-3H3. The zero-order chi connectivity index (χ0) is 21.0. The first-order valence-electron chi connectivity index (χ1n) is 9.50. The Balaban J connectivity index is 1.64. The number of carbonyl (C=O) groups excluding carboxylic acids is 1. The van der Waals surface area contributed by atoms with Crippen molar-refractivity contribution < 1.29 is 17.9 Å². The van der Waals surface area contributed by atoms with Crippen LogP contribution in [0.2, 0.25) is 0 Å². The first kappa shape index (κ1) is 21.1. The number of para-hydroxylation sites is 1. The van der Waals surface area contributed by atoms with Crippen molar-refractivity contribution >= 4 is 22.0 Å². The van der Waals surface area contributed by atoms with Gasteiger partial charge in [-0.05, 0) is 49.2 Å². The van der Waals surface area contributed by atoms with Gasteiger partial charge in [-0.1, -0.05) is 24.3 Å². The van der Waals surface area contributed by atoms with Crippen LogP contribution in [-0.2, 0) is 14.8 Å². The second-order valence-electron chi connectivity index (χ2n) is 7.05. The van der Waals surface area contributed by atoms with Crippen molar-refractivity contribution in [2.24, 2.45) is 0 Å². The lowest BCUT2D eigenvalue weighted by Crippen LogP contribution is -2.50. The van der Waals surface area contributed by atoms with E-state index in [1.165, 1.54) is 10.4 Å². The van der Waals surface area contributed by atoms with Crippen LogP contribution in [-0.4, -0.2) is 56.8 Å². The summed E-state index contributed by atoms with van der Waals surface area (Å²) in [5, 5.41) is 0. The second kappa shape index (κ2) is 8.80. The summed E-state index contributed by atoms with van der Waals surface area (Å²) in [6.45, 7) is 5.14. The summed E-state index contributed by atoms with van der Waals surface area (Å²) >= 11 is 0. The normalized spacial score (nSPS) is 15.6. The monoisotopic (exact) mass is 414 g/mol. The lowest BCUT2D eigenvalue weighted by Gasteiger charge is -2.33. The number of sulfonamides is 1. The summed E-state index contributed by atoms with van der Waals surface area (Å²) in [7, 11) is -1.97. The van der Waals surface area contributed by atoms with E-state index in [9.17, 15) is 13.2 Å². The second-order valence-corrected chi connectivity index (χ2v) is 8.99. The number of nitrogens with zero attached hydrogens (tertiary/aromatic N) is 2. The highest BCUT2D eigenvalue weighted by Gasteiger charge is 2.29. The number of aryl methyl sites for hydroxylation is 2. The van der Waals surface area contributed by atoms with Gasteiger partial charge < -0.3 is 9.64 Å². The van der Waals surface area contributed by atoms with Gasteiger partial charge in [0, 0.05) is 37.8 Å². The van der Waals surface area contributed by atoms with E-state index in [1.807, 2.05) is 44.2 Å². The first-order valence-corrected chi connectivity index (χ1v) is 10.9. The highest BCUT2D eigenvalue weighted by atomic mass is 32.2. The van der Waals surface area contributed by atoms with Crippen LogP contribution in [0.25, 0.3) is 6.08 Å². The SMILES string of the molecule is COc1ccccc1C=CC(=O)N1CCN(S(=O)(=O)c2ccc(C)c(C)c2)CC1. The van der Waals surface area contributed by atoms with Crippen LogP contribution in [0.4, 0.5) is 0 Å². The Hall–Kier alpha value is -2.64. The van der Waals surface area contributed by atoms with Gasteiger partial charge in [-0.15, -0.1) is 0 Å². The Kier molecular flexibility index (Phi) is 6.39. The highest BCUT2D eigenvalue weighted by Crippen LogP contribution is 2.21. The van der Waals surface area contributed by atoms with Gasteiger partial charge in [0.05, 0.1) is 12.0 Å². The quantitative estimate of drug-likeness (QED) is 0.706. The number of hydrogen-bond donors (Lipinski definition) is 0. The molecule has 0 spiro atoms. The third-order valence-corrected chi connectivity index (χ3v) is 7.11. The van der Waals surface area contributed by atoms with Gasteiger partial charge in [0.15, 0.2) is 0 Å². The van der Waals surface area contributed by atoms with Crippen LogP contribution in [0, 0.1) is 13.8 Å². The minimum Gasteiger partial charge on any atom is -0.496 e. The van der Waals surface area contributed by atoms with Crippen molar-refractivity contribution in [3.8, 4) is 5.75 Å². The Morgan fingerprint density at radius 2 is 1.69 bits per heavy atom. The molecule has 2 aromatic rings. The lowest BCUT2D eigenvalue weighted by molar-refractivity contribution is -0.127. The van der Waals surface area contributed by atoms with Crippen molar-refractivity contribution in [1.82, 2.24) is 9.21 Å². The average molecular weight is 415 g/mol. The molecule has 0 radical (unpaired) electrons. The Bertz CT molecular complexity index is 1020. The lowest BCUT2D eigenvalue weighted by atomic mass is 10.1. The largest absolute Gasteiger partial charge is 0.496 e. The number of methoxy groups -OCH3 is 1. The Morgan fingerprint density at radius 1 is 1.00 bits per heavy atom. The van der Waals surface area contributed by atoms with Crippen LogP contribution in [0.3, 0.4) is 0 Å². The molecule has 0 aromatic heterocycles. The smallest absolute Gasteiger partial charge is 0.246 e. The maximum Gasteiger partial charge on any atom is 0.246 e. The van der Waals surface area contributed by atoms with Gasteiger partial charge in [-0.25, -0.2) is 8.42 Å². The molecule has 1 fully saturated rings. The van der Waals surface area contributed by atoms with Gasteiger partial charge in [-0.2, -0.15) is 4.31 Å². The molecule has 154 valence electrons. The molecule has 7 heteroatoms. The van der Waals surface area contributed by atoms with E-state index in [1.54, 1.807) is 30.2 Å². The predicted octanol–water partition coefficient (Wildman–Crippen LogP) is 2.86. The molecule has 6 nitrogen and oxygen atoms in total. The maximum absolute atomic E-state index is 12.9. The summed E-state index contributed by atoms with van der Waals surface area (Å²) in [5.74, 6) is 0.556. The van der Waals surface area contributed by atoms with Crippen molar-refractivity contribution in [3.63, 3.8) is 0 Å². The van der Waals surface area contributed by atoms with E-state index in [-0.39, 0.29) is 19.0 Å². The number of rotatable bonds is 5. The molecule has 1 aliphatic rings. The zero-order valence-corrected chi connectivity index (χ0v) is 17.8. The molecule has 29 heavy (non-hydrogen) atoms. The first-order chi connectivity index (χ1) is 13.8. The van der Waals surface area contributed by atoms with Crippen LogP contribution < -0.4 is 4.74 Å². The maximum atomic E-state index is 12.9. The molecule has 0 bridgehead atoms. The Labute approximate surface area is 172 Å². The number of amides is 1. The van der Waals surface area contributed by atoms with Crippen LogP contribution >= 0.6 is 0 Å². The molecular weight excluding hydrogens is 388 g/mol. The van der Waals surface area contributed by atoms with Gasteiger partial charge in [-0.3, -0.25) is 4.79 Å². The number of piperazine rings is 1. The average Bonchev–Trinajstić information content (AvgIpc) is 2.74. The van der Waals surface area contributed by atoms with E-state index >= 15 is 0 Å². The van der Waals surface area contributed by atoms with E-state index in [0.717, 1.165) is 16.7 Å². The number of benzene rings is 2. The minimum atomic E-state index is -3.55. The van der Waals surface area contributed by atoms with Gasteiger partial charge in [0.2, 0.25) is 15.9 Å². The minimum absolute atomic E-state index is 0.140. The summed E-state index contributed by atoms with van der Waals surface area (Å²) in [5.41, 5.74) is 2.82. The predicted molar refractivity (Wildman–Crippen MR) is 113 cm³/mol. The number of carbonyl (C=O) groups is 1. The molecule has 1 amide bonds. The summed E-state index contributed by atoms with van der Waals surface area (Å²) in [6.07, 6.45) is 3.23. The molecule has 2 aromatic carbocycles. The third-order valence-electron chi connectivity index (χ3n) is 5.21. The van der Waals surface area contributed by atoms with E-state index in [2.05, 4.69) is 0 Å². The molecule has 0 saturated carbocycles. The van der Waals surface area contributed by atoms with Gasteiger partial charge in [0.25, 0.3) is 0 Å². The summed E-state index contributed by atoms with van der Waals surface area (Å²) in [6, 6.07) is 12.6. The van der Waals surface area contributed by atoms with Gasteiger partial charge >= 0.3 is 0 Å². The zero-order valence-electron chi connectivity index (χ0n) is 17.0. The van der Waals surface area contributed by atoms with Gasteiger partial charge in [0.1, 0.15) is 5.75 Å². The molecule has 0 atom stereocenters. The van der Waals surface area contributed by atoms with Crippen molar-refractivity contribution in [2.45, 2.75) is 18.7 Å². The van der Waals surface area contributed by atoms with Crippen LogP contribution in [0.15, 0.2) is 53.4 Å². The third kappa shape index (κ3) is 4.68. The van der Waals surface area contributed by atoms with Crippen LogP contribution in [0.5, 0.6) is 5.75 Å². The Morgan fingerprint density at radius 3 is 2.34 bits per heavy atom. The van der Waals surface area contributed by atoms with E-state index < -0.39 is 10.0 Å². The molecular formula is C22H26N2O4S. The molecule has 0 unspecified atom stereocenters. The fourth-order valence-corrected chi connectivity index (χ4v) is 4.75. The summed E-state index contributed by atoms with van der Waals surface area (Å²) < 4.78 is 32.5. The number of ether oxygens (including phenoxy) is 1. The van der Waals surface area contributed by atoms with E-state index in [4.69, 9.17) is 4.74 Å². The molecule has 0 N–H and O–H groups in total. The molecule has 3 rings (SSSR count). The summed E-state index contributed by atoms with van der Waals surface area (Å²) in [4.78, 5) is 14.5. The fourth-order valence-electron chi connectivity index (χ4n) is 3.24. The van der Waals surface area contributed by atoms with Crippen molar-refractivity contribution in [2.75, 3.05) is 33.3 Å². The molecule has 1 aliphatic heterocycles. The van der Waals surface area contributed by atoms with Crippen LogP contribution in [0.1, 0.15) is 16.7 Å². The van der Waals surface area contributed by atoms with Crippen molar-refractivity contribution in [3.05, 3.63) is 65.2 Å². The van der Waals surface area contributed by atoms with Crippen molar-refractivity contribution in [1.29, 1.82) is 0 Å². The topological polar surface area (TPSA) is 66.9 Å². The highest BCUT2D eigenvalue weighted by molar-refractivity contribution is 7.89. The molecule has 0 aliphatic carbocycles.